The van der Waals surface area contributed by atoms with Gasteiger partial charge in [0.25, 0.3) is 0 Å². The molecule has 5 nitrogen and oxygen atoms in total. The zero-order valence-corrected chi connectivity index (χ0v) is 15.4. The predicted molar refractivity (Wildman–Crippen MR) is 94.1 cm³/mol. The maximum absolute atomic E-state index is 12.6. The number of halogens is 1. The lowest BCUT2D eigenvalue weighted by Gasteiger charge is -2.37. The van der Waals surface area contributed by atoms with Gasteiger partial charge in [-0.05, 0) is 44.4 Å². The highest BCUT2D eigenvalue weighted by atomic mass is 35.5. The van der Waals surface area contributed by atoms with Gasteiger partial charge in [-0.2, -0.15) is 0 Å². The SMILES string of the molecule is COCCNCC(=O)N(CC1CCCO1)C1CCC(C)CC1.Cl. The number of methoxy groups -OCH3 is 1. The molecule has 0 aromatic heterocycles. The Morgan fingerprint density at radius 2 is 2.00 bits per heavy atom. The maximum atomic E-state index is 12.6. The van der Waals surface area contributed by atoms with Crippen molar-refractivity contribution in [2.24, 2.45) is 5.92 Å². The first-order chi connectivity index (χ1) is 10.7. The third-order valence-corrected chi connectivity index (χ3v) is 4.93. The van der Waals surface area contributed by atoms with E-state index in [1.54, 1.807) is 7.11 Å². The van der Waals surface area contributed by atoms with Crippen molar-refractivity contribution in [2.45, 2.75) is 57.6 Å². The van der Waals surface area contributed by atoms with Crippen LogP contribution in [0.4, 0.5) is 0 Å². The van der Waals surface area contributed by atoms with Gasteiger partial charge in [-0.3, -0.25) is 4.79 Å². The molecule has 0 bridgehead atoms. The molecule has 136 valence electrons. The van der Waals surface area contributed by atoms with E-state index >= 15 is 0 Å². The topological polar surface area (TPSA) is 50.8 Å². The van der Waals surface area contributed by atoms with Gasteiger partial charge in [-0.15, -0.1) is 12.4 Å². The Hall–Kier alpha value is -0.360. The molecule has 0 radical (unpaired) electrons. The van der Waals surface area contributed by atoms with Crippen molar-refractivity contribution in [3.63, 3.8) is 0 Å². The maximum Gasteiger partial charge on any atom is 0.236 e. The van der Waals surface area contributed by atoms with E-state index in [-0.39, 0.29) is 24.4 Å². The second-order valence-corrected chi connectivity index (χ2v) is 6.76. The van der Waals surface area contributed by atoms with Crippen molar-refractivity contribution >= 4 is 18.3 Å². The van der Waals surface area contributed by atoms with Gasteiger partial charge in [0.05, 0.1) is 19.3 Å². The summed E-state index contributed by atoms with van der Waals surface area (Å²) in [6.45, 7) is 5.69. The van der Waals surface area contributed by atoms with Crippen LogP contribution in [0, 0.1) is 5.92 Å². The van der Waals surface area contributed by atoms with Crippen LogP contribution in [0.3, 0.4) is 0 Å². The van der Waals surface area contributed by atoms with Crippen molar-refractivity contribution in [3.8, 4) is 0 Å². The number of nitrogens with one attached hydrogen (secondary N) is 1. The van der Waals surface area contributed by atoms with E-state index in [9.17, 15) is 4.79 Å². The fourth-order valence-electron chi connectivity index (χ4n) is 3.49. The van der Waals surface area contributed by atoms with Crippen molar-refractivity contribution in [1.82, 2.24) is 10.2 Å². The Morgan fingerprint density at radius 3 is 2.61 bits per heavy atom. The molecule has 1 unspecified atom stereocenters. The normalized spacial score (nSPS) is 27.5. The van der Waals surface area contributed by atoms with Crippen LogP contribution in [-0.4, -0.2) is 62.9 Å². The summed E-state index contributed by atoms with van der Waals surface area (Å²) in [6.07, 6.45) is 7.19. The smallest absolute Gasteiger partial charge is 0.236 e. The molecule has 1 aliphatic carbocycles. The van der Waals surface area contributed by atoms with Gasteiger partial charge in [-0.25, -0.2) is 0 Å². The molecule has 1 amide bonds. The number of hydrogen-bond donors (Lipinski definition) is 1. The molecule has 0 aromatic rings. The van der Waals surface area contributed by atoms with Gasteiger partial charge in [0.15, 0.2) is 0 Å². The zero-order valence-electron chi connectivity index (χ0n) is 14.6. The second-order valence-electron chi connectivity index (χ2n) is 6.76. The van der Waals surface area contributed by atoms with E-state index in [4.69, 9.17) is 9.47 Å². The van der Waals surface area contributed by atoms with E-state index in [0.717, 1.165) is 51.3 Å². The summed E-state index contributed by atoms with van der Waals surface area (Å²) in [5.74, 6) is 1.02. The largest absolute Gasteiger partial charge is 0.383 e. The summed E-state index contributed by atoms with van der Waals surface area (Å²) in [5.41, 5.74) is 0. The molecule has 1 saturated heterocycles. The van der Waals surface area contributed by atoms with Gasteiger partial charge in [0.1, 0.15) is 0 Å². The molecule has 0 spiro atoms. The Balaban J connectivity index is 0.00000264. The lowest BCUT2D eigenvalue weighted by molar-refractivity contribution is -0.135. The molecule has 2 aliphatic rings. The quantitative estimate of drug-likeness (QED) is 0.683. The number of hydrogen-bond acceptors (Lipinski definition) is 4. The number of rotatable bonds is 8. The number of carbonyl (C=O) groups is 1. The Labute approximate surface area is 146 Å². The lowest BCUT2D eigenvalue weighted by Crippen LogP contribution is -2.49. The van der Waals surface area contributed by atoms with Crippen LogP contribution in [0.15, 0.2) is 0 Å². The van der Waals surface area contributed by atoms with Crippen molar-refractivity contribution in [1.29, 1.82) is 0 Å². The fraction of sp³-hybridized carbons (Fsp3) is 0.941. The minimum absolute atomic E-state index is 0. The van der Waals surface area contributed by atoms with Crippen LogP contribution >= 0.6 is 12.4 Å². The van der Waals surface area contributed by atoms with Gasteiger partial charge in [0, 0.05) is 32.8 Å². The fourth-order valence-corrected chi connectivity index (χ4v) is 3.49. The molecule has 1 aliphatic heterocycles. The van der Waals surface area contributed by atoms with Crippen molar-refractivity contribution < 1.29 is 14.3 Å². The number of ether oxygens (including phenoxy) is 2. The summed E-state index contributed by atoms with van der Waals surface area (Å²) >= 11 is 0. The Morgan fingerprint density at radius 1 is 1.26 bits per heavy atom. The monoisotopic (exact) mass is 348 g/mol. The van der Waals surface area contributed by atoms with Crippen LogP contribution in [0.1, 0.15) is 45.4 Å². The third-order valence-electron chi connectivity index (χ3n) is 4.93. The molecule has 2 rings (SSSR count). The Kier molecular flexibility index (Phi) is 10.1. The minimum atomic E-state index is 0. The molecule has 2 fully saturated rings. The number of nitrogens with zero attached hydrogens (tertiary/aromatic N) is 1. The molecule has 1 heterocycles. The van der Waals surface area contributed by atoms with E-state index in [1.165, 1.54) is 12.8 Å². The summed E-state index contributed by atoms with van der Waals surface area (Å²) in [6, 6.07) is 0.400. The van der Waals surface area contributed by atoms with Gasteiger partial charge >= 0.3 is 0 Å². The van der Waals surface area contributed by atoms with E-state index < -0.39 is 0 Å². The van der Waals surface area contributed by atoms with Gasteiger partial charge in [0.2, 0.25) is 5.91 Å². The average molecular weight is 349 g/mol. The van der Waals surface area contributed by atoms with Crippen LogP contribution < -0.4 is 5.32 Å². The van der Waals surface area contributed by atoms with Crippen LogP contribution in [0.2, 0.25) is 0 Å². The van der Waals surface area contributed by atoms with E-state index in [0.29, 0.717) is 19.2 Å². The second kappa shape index (κ2) is 11.2. The summed E-state index contributed by atoms with van der Waals surface area (Å²) in [4.78, 5) is 14.7. The van der Waals surface area contributed by atoms with Gasteiger partial charge in [-0.1, -0.05) is 6.92 Å². The first kappa shape index (κ1) is 20.7. The molecule has 1 saturated carbocycles. The summed E-state index contributed by atoms with van der Waals surface area (Å²) in [7, 11) is 1.68. The van der Waals surface area contributed by atoms with Crippen LogP contribution in [-0.2, 0) is 14.3 Å². The minimum Gasteiger partial charge on any atom is -0.383 e. The van der Waals surface area contributed by atoms with Crippen LogP contribution in [0.5, 0.6) is 0 Å². The predicted octanol–water partition coefficient (Wildman–Crippen LogP) is 2.23. The Bertz CT molecular complexity index is 330. The standard InChI is InChI=1S/C17H32N2O3.ClH/c1-14-5-7-15(8-6-14)19(13-16-4-3-10-22-16)17(20)12-18-9-11-21-2;/h14-16,18H,3-13H2,1-2H3;1H. The summed E-state index contributed by atoms with van der Waals surface area (Å²) < 4.78 is 10.8. The molecule has 1 atom stereocenters. The highest BCUT2D eigenvalue weighted by Gasteiger charge is 2.30. The van der Waals surface area contributed by atoms with Gasteiger partial charge < -0.3 is 19.7 Å². The zero-order chi connectivity index (χ0) is 15.8. The van der Waals surface area contributed by atoms with E-state index in [2.05, 4.69) is 17.1 Å². The highest BCUT2D eigenvalue weighted by Crippen LogP contribution is 2.28. The first-order valence-electron chi connectivity index (χ1n) is 8.81. The molecular formula is C17H33ClN2O3. The molecule has 6 heteroatoms. The number of carbonyl (C=O) groups excluding carboxylic acids is 1. The molecular weight excluding hydrogens is 316 g/mol. The summed E-state index contributed by atoms with van der Waals surface area (Å²) in [5, 5.41) is 3.18. The van der Waals surface area contributed by atoms with Crippen LogP contribution in [0.25, 0.3) is 0 Å². The average Bonchev–Trinajstić information content (AvgIpc) is 3.03. The first-order valence-corrected chi connectivity index (χ1v) is 8.81. The molecule has 0 aromatic carbocycles. The number of amides is 1. The van der Waals surface area contributed by atoms with Crippen molar-refractivity contribution in [2.75, 3.05) is 40.0 Å². The molecule has 1 N–H and O–H groups in total. The van der Waals surface area contributed by atoms with E-state index in [1.807, 2.05) is 0 Å². The van der Waals surface area contributed by atoms with Crippen molar-refractivity contribution in [3.05, 3.63) is 0 Å². The molecule has 23 heavy (non-hydrogen) atoms. The third kappa shape index (κ3) is 6.96. The lowest BCUT2D eigenvalue weighted by atomic mass is 9.86. The highest BCUT2D eigenvalue weighted by molar-refractivity contribution is 5.85.